The number of hydrogen-bond acceptors (Lipinski definition) is 2. The van der Waals surface area contributed by atoms with Crippen LogP contribution in [0.25, 0.3) is 0 Å². The van der Waals surface area contributed by atoms with Crippen molar-refractivity contribution in [2.45, 2.75) is 25.0 Å². The van der Waals surface area contributed by atoms with Gasteiger partial charge in [-0.25, -0.2) is 0 Å². The minimum absolute atomic E-state index is 0.212. The summed E-state index contributed by atoms with van der Waals surface area (Å²) in [5.41, 5.74) is 1.06. The summed E-state index contributed by atoms with van der Waals surface area (Å²) >= 11 is 3.43. The summed E-state index contributed by atoms with van der Waals surface area (Å²) in [6, 6.07) is 5.97. The molecule has 2 unspecified atom stereocenters. The second-order valence-electron chi connectivity index (χ2n) is 3.23. The monoisotopic (exact) mass is 241 g/mol. The van der Waals surface area contributed by atoms with Crippen LogP contribution in [-0.4, -0.2) is 16.4 Å². The van der Waals surface area contributed by atoms with E-state index in [-0.39, 0.29) is 6.10 Å². The summed E-state index contributed by atoms with van der Waals surface area (Å²) in [6.45, 7) is 0. The molecule has 2 nitrogen and oxygen atoms in total. The van der Waals surface area contributed by atoms with Gasteiger partial charge in [0, 0.05) is 11.5 Å². The molecular formula is C10H12BrNO. The Hall–Kier alpha value is -0.410. The molecule has 1 aromatic rings. The summed E-state index contributed by atoms with van der Waals surface area (Å²) in [5.74, 6) is 0. The minimum atomic E-state index is 0.212. The maximum absolute atomic E-state index is 5.79. The fourth-order valence-electron chi connectivity index (χ4n) is 1.60. The lowest BCUT2D eigenvalue weighted by atomic mass is 10.1. The summed E-state index contributed by atoms with van der Waals surface area (Å²) in [4.78, 5) is 4.29. The zero-order chi connectivity index (χ0) is 9.10. The Morgan fingerprint density at radius 1 is 1.46 bits per heavy atom. The normalized spacial score (nSPS) is 27.8. The van der Waals surface area contributed by atoms with Crippen molar-refractivity contribution in [3.63, 3.8) is 0 Å². The molecular weight excluding hydrogens is 230 g/mol. The summed E-state index contributed by atoms with van der Waals surface area (Å²) < 4.78 is 5.79. The van der Waals surface area contributed by atoms with E-state index in [4.69, 9.17) is 4.74 Å². The lowest BCUT2D eigenvalue weighted by molar-refractivity contribution is 0.0563. The van der Waals surface area contributed by atoms with Crippen LogP contribution in [0.2, 0.25) is 0 Å². The molecule has 0 N–H and O–H groups in total. The molecule has 0 amide bonds. The molecule has 1 saturated heterocycles. The number of rotatable bonds is 2. The molecule has 0 aromatic carbocycles. The van der Waals surface area contributed by atoms with Crippen molar-refractivity contribution in [3.8, 4) is 0 Å². The van der Waals surface area contributed by atoms with Crippen molar-refractivity contribution in [2.75, 3.05) is 5.33 Å². The Morgan fingerprint density at radius 2 is 2.38 bits per heavy atom. The second-order valence-corrected chi connectivity index (χ2v) is 3.88. The van der Waals surface area contributed by atoms with Crippen molar-refractivity contribution in [3.05, 3.63) is 30.1 Å². The molecule has 1 aliphatic rings. The molecule has 13 heavy (non-hydrogen) atoms. The van der Waals surface area contributed by atoms with Crippen LogP contribution in [0.3, 0.4) is 0 Å². The van der Waals surface area contributed by atoms with Crippen LogP contribution >= 0.6 is 15.9 Å². The van der Waals surface area contributed by atoms with E-state index >= 15 is 0 Å². The SMILES string of the molecule is BrCC1CCC(c2ccccn2)O1. The van der Waals surface area contributed by atoms with Crippen LogP contribution in [0.5, 0.6) is 0 Å². The van der Waals surface area contributed by atoms with Gasteiger partial charge in [0.15, 0.2) is 0 Å². The fourth-order valence-corrected chi connectivity index (χ4v) is 2.08. The number of pyridine rings is 1. The highest BCUT2D eigenvalue weighted by atomic mass is 79.9. The van der Waals surface area contributed by atoms with Crippen molar-refractivity contribution < 1.29 is 4.74 Å². The number of halogens is 1. The Kier molecular flexibility index (Phi) is 2.96. The predicted octanol–water partition coefficient (Wildman–Crippen LogP) is 2.70. The van der Waals surface area contributed by atoms with Gasteiger partial charge in [-0.1, -0.05) is 22.0 Å². The first kappa shape index (κ1) is 9.16. The lowest BCUT2D eigenvalue weighted by Gasteiger charge is -2.10. The van der Waals surface area contributed by atoms with E-state index < -0.39 is 0 Å². The van der Waals surface area contributed by atoms with E-state index in [2.05, 4.69) is 20.9 Å². The molecule has 2 heterocycles. The molecule has 1 aliphatic heterocycles. The average Bonchev–Trinajstić information content (AvgIpc) is 2.67. The van der Waals surface area contributed by atoms with Gasteiger partial charge >= 0.3 is 0 Å². The highest BCUT2D eigenvalue weighted by Gasteiger charge is 2.26. The third kappa shape index (κ3) is 2.09. The van der Waals surface area contributed by atoms with Gasteiger partial charge in [0.2, 0.25) is 0 Å². The van der Waals surface area contributed by atoms with Crippen molar-refractivity contribution in [1.82, 2.24) is 4.98 Å². The zero-order valence-electron chi connectivity index (χ0n) is 7.32. The number of nitrogens with zero attached hydrogens (tertiary/aromatic N) is 1. The van der Waals surface area contributed by atoms with Gasteiger partial charge in [-0.05, 0) is 25.0 Å². The van der Waals surface area contributed by atoms with Crippen LogP contribution in [0.1, 0.15) is 24.6 Å². The third-order valence-corrected chi connectivity index (χ3v) is 3.02. The second kappa shape index (κ2) is 4.20. The minimum Gasteiger partial charge on any atom is -0.368 e. The quantitative estimate of drug-likeness (QED) is 0.744. The van der Waals surface area contributed by atoms with Crippen molar-refractivity contribution in [2.24, 2.45) is 0 Å². The summed E-state index contributed by atoms with van der Waals surface area (Å²) in [5, 5.41) is 0.927. The average molecular weight is 242 g/mol. The standard InChI is InChI=1S/C10H12BrNO/c11-7-8-4-5-10(13-8)9-3-1-2-6-12-9/h1-3,6,8,10H,4-5,7H2. The molecule has 0 aliphatic carbocycles. The highest BCUT2D eigenvalue weighted by molar-refractivity contribution is 9.09. The Balaban J connectivity index is 2.04. The lowest BCUT2D eigenvalue weighted by Crippen LogP contribution is -2.07. The Bertz CT molecular complexity index is 265. The van der Waals surface area contributed by atoms with E-state index in [1.165, 1.54) is 0 Å². The maximum Gasteiger partial charge on any atom is 0.0999 e. The van der Waals surface area contributed by atoms with Crippen LogP contribution < -0.4 is 0 Å². The molecule has 0 bridgehead atoms. The van der Waals surface area contributed by atoms with E-state index in [0.717, 1.165) is 23.9 Å². The van der Waals surface area contributed by atoms with Crippen molar-refractivity contribution >= 4 is 15.9 Å². The van der Waals surface area contributed by atoms with Gasteiger partial charge in [0.1, 0.15) is 0 Å². The van der Waals surface area contributed by atoms with E-state index in [1.54, 1.807) is 0 Å². The number of aromatic nitrogens is 1. The van der Waals surface area contributed by atoms with Gasteiger partial charge in [-0.2, -0.15) is 0 Å². The van der Waals surface area contributed by atoms with E-state index in [9.17, 15) is 0 Å². The number of alkyl halides is 1. The number of hydrogen-bond donors (Lipinski definition) is 0. The Labute approximate surface area is 86.5 Å². The van der Waals surface area contributed by atoms with Crippen LogP contribution in [0.4, 0.5) is 0 Å². The van der Waals surface area contributed by atoms with Gasteiger partial charge in [0.05, 0.1) is 17.9 Å². The highest BCUT2D eigenvalue weighted by Crippen LogP contribution is 2.31. The van der Waals surface area contributed by atoms with Crippen molar-refractivity contribution in [1.29, 1.82) is 0 Å². The van der Waals surface area contributed by atoms with Gasteiger partial charge in [0.25, 0.3) is 0 Å². The smallest absolute Gasteiger partial charge is 0.0999 e. The van der Waals surface area contributed by atoms with E-state index in [0.29, 0.717) is 6.10 Å². The largest absolute Gasteiger partial charge is 0.368 e. The molecule has 0 saturated carbocycles. The summed E-state index contributed by atoms with van der Waals surface area (Å²) in [7, 11) is 0. The first-order chi connectivity index (χ1) is 6.40. The molecule has 3 heteroatoms. The van der Waals surface area contributed by atoms with Gasteiger partial charge in [-0.15, -0.1) is 0 Å². The number of ether oxygens (including phenoxy) is 1. The molecule has 2 atom stereocenters. The maximum atomic E-state index is 5.79. The molecule has 1 fully saturated rings. The molecule has 0 spiro atoms. The predicted molar refractivity (Wildman–Crippen MR) is 54.9 cm³/mol. The fraction of sp³-hybridized carbons (Fsp3) is 0.500. The topological polar surface area (TPSA) is 22.1 Å². The zero-order valence-corrected chi connectivity index (χ0v) is 8.90. The first-order valence-electron chi connectivity index (χ1n) is 4.52. The van der Waals surface area contributed by atoms with Crippen LogP contribution in [0, 0.1) is 0 Å². The molecule has 2 rings (SSSR count). The summed E-state index contributed by atoms with van der Waals surface area (Å²) in [6.07, 6.45) is 4.62. The third-order valence-electron chi connectivity index (χ3n) is 2.30. The van der Waals surface area contributed by atoms with E-state index in [1.807, 2.05) is 24.4 Å². The van der Waals surface area contributed by atoms with Crippen LogP contribution in [0.15, 0.2) is 24.4 Å². The molecule has 70 valence electrons. The van der Waals surface area contributed by atoms with Gasteiger partial charge in [-0.3, -0.25) is 4.98 Å². The van der Waals surface area contributed by atoms with Gasteiger partial charge < -0.3 is 4.74 Å². The molecule has 1 aromatic heterocycles. The molecule has 0 radical (unpaired) electrons. The van der Waals surface area contributed by atoms with Crippen LogP contribution in [-0.2, 0) is 4.74 Å². The first-order valence-corrected chi connectivity index (χ1v) is 5.64. The Morgan fingerprint density at radius 3 is 3.00 bits per heavy atom.